The summed E-state index contributed by atoms with van der Waals surface area (Å²) in [4.78, 5) is 27.5. The Labute approximate surface area is 240 Å². The zero-order valence-electron chi connectivity index (χ0n) is 23.0. The molecule has 2 aliphatic carbocycles. The lowest BCUT2D eigenvalue weighted by Gasteiger charge is -2.46. The number of Topliss-reactive ketones (excluding diaryl/α,β-unsaturated/α-hetero) is 2. The van der Waals surface area contributed by atoms with Crippen molar-refractivity contribution in [3.63, 3.8) is 0 Å². The van der Waals surface area contributed by atoms with Gasteiger partial charge in [-0.3, -0.25) is 9.59 Å². The van der Waals surface area contributed by atoms with Crippen LogP contribution in [0.25, 0.3) is 10.9 Å². The van der Waals surface area contributed by atoms with Crippen LogP contribution in [0.1, 0.15) is 70.4 Å². The first kappa shape index (κ1) is 28.4. The number of para-hydroxylation sites is 1. The Morgan fingerprint density at radius 1 is 0.872 bits per heavy atom. The molecule has 0 spiro atoms. The fourth-order valence-electron chi connectivity index (χ4n) is 7.13. The molecule has 5 rings (SSSR count). The maximum absolute atomic E-state index is 13.7. The van der Waals surface area contributed by atoms with Crippen molar-refractivity contribution < 1.29 is 19.8 Å². The van der Waals surface area contributed by atoms with Crippen LogP contribution in [0.4, 0.5) is 0 Å². The van der Waals surface area contributed by atoms with Gasteiger partial charge in [-0.05, 0) is 53.0 Å². The molecule has 0 saturated heterocycles. The molecule has 208 valence electrons. The Balaban J connectivity index is 1.66. The quantitative estimate of drug-likeness (QED) is 0.353. The third-order valence-corrected chi connectivity index (χ3v) is 9.43. The first-order chi connectivity index (χ1) is 18.3. The average Bonchev–Trinajstić information content (AvgIpc) is 3.16. The first-order valence-electron chi connectivity index (χ1n) is 13.7. The SMILES string of the molecule is CC1(C)CC(=O)[C@H](C(c2cn(Cc3ccc(Cl)c(Cl)c3)c3ccccc23)[C@@H]2C(=O)CC(C)(C)C[C@@H]2O)[C@H](O)C1. The van der Waals surface area contributed by atoms with Crippen LogP contribution in [0.2, 0.25) is 10.0 Å². The van der Waals surface area contributed by atoms with E-state index in [4.69, 9.17) is 23.2 Å². The normalized spacial score (nSPS) is 27.6. The Morgan fingerprint density at radius 3 is 1.97 bits per heavy atom. The molecule has 0 bridgehead atoms. The Hall–Kier alpha value is -2.18. The molecular formula is C32H37Cl2NO4. The summed E-state index contributed by atoms with van der Waals surface area (Å²) in [5.41, 5.74) is 2.08. The largest absolute Gasteiger partial charge is 0.392 e. The summed E-state index contributed by atoms with van der Waals surface area (Å²) in [6.07, 6.45) is 1.77. The van der Waals surface area contributed by atoms with Gasteiger partial charge in [-0.2, -0.15) is 0 Å². The Bertz CT molecular complexity index is 1380. The van der Waals surface area contributed by atoms with Crippen molar-refractivity contribution in [3.8, 4) is 0 Å². The Kier molecular flexibility index (Phi) is 7.51. The van der Waals surface area contributed by atoms with Gasteiger partial charge >= 0.3 is 0 Å². The monoisotopic (exact) mass is 569 g/mol. The predicted octanol–water partition coefficient (Wildman–Crippen LogP) is 6.81. The average molecular weight is 571 g/mol. The van der Waals surface area contributed by atoms with E-state index in [2.05, 4.69) is 4.57 Å². The van der Waals surface area contributed by atoms with E-state index in [1.807, 2.05) is 70.3 Å². The highest BCUT2D eigenvalue weighted by Gasteiger charge is 2.52. The number of aromatic nitrogens is 1. The number of ketones is 2. The van der Waals surface area contributed by atoms with Gasteiger partial charge in [0.1, 0.15) is 11.6 Å². The van der Waals surface area contributed by atoms with Crippen LogP contribution in [0.3, 0.4) is 0 Å². The van der Waals surface area contributed by atoms with Crippen LogP contribution < -0.4 is 0 Å². The molecule has 2 fully saturated rings. The molecule has 7 heteroatoms. The minimum atomic E-state index is -0.904. The molecule has 0 aliphatic heterocycles. The molecule has 5 atom stereocenters. The molecule has 39 heavy (non-hydrogen) atoms. The maximum Gasteiger partial charge on any atom is 0.139 e. The van der Waals surface area contributed by atoms with Gasteiger partial charge in [-0.1, -0.05) is 75.2 Å². The smallest absolute Gasteiger partial charge is 0.139 e. The summed E-state index contributed by atoms with van der Waals surface area (Å²) in [6.45, 7) is 8.47. The van der Waals surface area contributed by atoms with E-state index in [1.165, 1.54) is 0 Å². The summed E-state index contributed by atoms with van der Waals surface area (Å²) < 4.78 is 2.09. The van der Waals surface area contributed by atoms with Crippen LogP contribution in [-0.2, 0) is 16.1 Å². The summed E-state index contributed by atoms with van der Waals surface area (Å²) in [6, 6.07) is 13.4. The number of fused-ring (bicyclic) bond motifs is 1. The standard InChI is InChI=1S/C32H37Cl2NO4/c1-31(2)12-24(36)29(25(37)13-31)28(30-26(38)14-32(3,4)15-27(30)39)20-17-35(23-8-6-5-7-19(20)23)16-18-9-10-21(33)22(34)11-18/h5-11,17,24,26,28-30,36,38H,12-16H2,1-4H3/t24-,26+,28?,29-,30+. The van der Waals surface area contributed by atoms with Crippen molar-refractivity contribution in [2.24, 2.45) is 22.7 Å². The fourth-order valence-corrected chi connectivity index (χ4v) is 7.46. The molecular weight excluding hydrogens is 533 g/mol. The molecule has 1 heterocycles. The summed E-state index contributed by atoms with van der Waals surface area (Å²) in [5.74, 6) is -2.27. The number of halogens is 2. The van der Waals surface area contributed by atoms with Gasteiger partial charge in [0.15, 0.2) is 0 Å². The molecule has 0 amide bonds. The summed E-state index contributed by atoms with van der Waals surface area (Å²) in [7, 11) is 0. The van der Waals surface area contributed by atoms with Crippen molar-refractivity contribution in [1.29, 1.82) is 0 Å². The van der Waals surface area contributed by atoms with E-state index >= 15 is 0 Å². The number of carbonyl (C=O) groups is 2. The molecule has 0 radical (unpaired) electrons. The molecule has 2 aromatic carbocycles. The van der Waals surface area contributed by atoms with Gasteiger partial charge in [0, 0.05) is 42.4 Å². The minimum Gasteiger partial charge on any atom is -0.392 e. The lowest BCUT2D eigenvalue weighted by Crippen LogP contribution is -2.51. The van der Waals surface area contributed by atoms with Gasteiger partial charge < -0.3 is 14.8 Å². The van der Waals surface area contributed by atoms with Gasteiger partial charge in [-0.25, -0.2) is 0 Å². The number of aliphatic hydroxyl groups is 2. The van der Waals surface area contributed by atoms with Gasteiger partial charge in [0.2, 0.25) is 0 Å². The highest BCUT2D eigenvalue weighted by atomic mass is 35.5. The van der Waals surface area contributed by atoms with Crippen molar-refractivity contribution in [1.82, 2.24) is 4.57 Å². The lowest BCUT2D eigenvalue weighted by atomic mass is 9.58. The maximum atomic E-state index is 13.7. The molecule has 3 aromatic rings. The van der Waals surface area contributed by atoms with Crippen LogP contribution in [0, 0.1) is 22.7 Å². The molecule has 2 saturated carbocycles. The number of hydrogen-bond acceptors (Lipinski definition) is 4. The summed E-state index contributed by atoms with van der Waals surface area (Å²) >= 11 is 12.4. The second-order valence-electron chi connectivity index (χ2n) is 13.2. The number of nitrogens with zero attached hydrogens (tertiary/aromatic N) is 1. The van der Waals surface area contributed by atoms with E-state index in [-0.39, 0.29) is 22.4 Å². The van der Waals surface area contributed by atoms with E-state index in [9.17, 15) is 19.8 Å². The zero-order valence-corrected chi connectivity index (χ0v) is 24.5. The number of hydrogen-bond donors (Lipinski definition) is 2. The molecule has 1 aromatic heterocycles. The lowest BCUT2D eigenvalue weighted by molar-refractivity contribution is -0.144. The number of carbonyl (C=O) groups excluding carboxylic acids is 2. The van der Waals surface area contributed by atoms with Gasteiger partial charge in [0.05, 0.1) is 34.1 Å². The number of aliphatic hydroxyl groups excluding tert-OH is 2. The van der Waals surface area contributed by atoms with E-state index in [0.29, 0.717) is 42.3 Å². The van der Waals surface area contributed by atoms with Crippen LogP contribution in [0.15, 0.2) is 48.7 Å². The van der Waals surface area contributed by atoms with Crippen molar-refractivity contribution >= 4 is 45.7 Å². The predicted molar refractivity (Wildman–Crippen MR) is 155 cm³/mol. The van der Waals surface area contributed by atoms with Crippen molar-refractivity contribution in [2.45, 2.75) is 78.0 Å². The molecule has 2 N–H and O–H groups in total. The van der Waals surface area contributed by atoms with Crippen LogP contribution in [-0.4, -0.2) is 38.6 Å². The fraction of sp³-hybridized carbons (Fsp3) is 0.500. The minimum absolute atomic E-state index is 0.0464. The highest BCUT2D eigenvalue weighted by Crippen LogP contribution is 2.51. The van der Waals surface area contributed by atoms with Crippen LogP contribution in [0.5, 0.6) is 0 Å². The highest BCUT2D eigenvalue weighted by molar-refractivity contribution is 6.42. The second-order valence-corrected chi connectivity index (χ2v) is 14.0. The third kappa shape index (κ3) is 5.56. The van der Waals surface area contributed by atoms with Gasteiger partial charge in [-0.15, -0.1) is 0 Å². The molecule has 1 unspecified atom stereocenters. The topological polar surface area (TPSA) is 79.5 Å². The van der Waals surface area contributed by atoms with Crippen molar-refractivity contribution in [3.05, 3.63) is 69.8 Å². The Morgan fingerprint density at radius 2 is 1.44 bits per heavy atom. The molecule has 2 aliphatic rings. The number of benzene rings is 2. The summed E-state index contributed by atoms with van der Waals surface area (Å²) in [5, 5.41) is 24.7. The zero-order chi connectivity index (χ0) is 28.3. The first-order valence-corrected chi connectivity index (χ1v) is 14.5. The van der Waals surface area contributed by atoms with E-state index in [1.54, 1.807) is 6.07 Å². The number of rotatable bonds is 5. The van der Waals surface area contributed by atoms with E-state index in [0.717, 1.165) is 22.0 Å². The van der Waals surface area contributed by atoms with Crippen LogP contribution >= 0.6 is 23.2 Å². The third-order valence-electron chi connectivity index (χ3n) is 8.69. The molecule has 5 nitrogen and oxygen atoms in total. The van der Waals surface area contributed by atoms with E-state index < -0.39 is 30.0 Å². The second kappa shape index (κ2) is 10.3. The van der Waals surface area contributed by atoms with Crippen molar-refractivity contribution in [2.75, 3.05) is 0 Å². The van der Waals surface area contributed by atoms with Gasteiger partial charge in [0.25, 0.3) is 0 Å².